The van der Waals surface area contributed by atoms with Gasteiger partial charge in [-0.3, -0.25) is 0 Å². The number of carbonyl (C=O) groups is 2. The van der Waals surface area contributed by atoms with Crippen molar-refractivity contribution in [1.82, 2.24) is 0 Å². The van der Waals surface area contributed by atoms with E-state index < -0.39 is 22.8 Å². The molecule has 1 atom stereocenters. The second-order valence-corrected chi connectivity index (χ2v) is 8.18. The number of carbonyl (C=O) groups excluding carboxylic acids is 2. The Kier molecular flexibility index (Phi) is 6.44. The number of esters is 2. The molecule has 1 aliphatic carbocycles. The van der Waals surface area contributed by atoms with Gasteiger partial charge in [0.2, 0.25) is 0 Å². The highest BCUT2D eigenvalue weighted by molar-refractivity contribution is 6.30. The van der Waals surface area contributed by atoms with Gasteiger partial charge in [-0.1, -0.05) is 60.1 Å². The first kappa shape index (κ1) is 23.8. The zero-order valence-electron chi connectivity index (χ0n) is 18.4. The molecular weight excluding hydrogens is 440 g/mol. The van der Waals surface area contributed by atoms with E-state index in [1.54, 1.807) is 36.4 Å². The predicted octanol–water partition coefficient (Wildman–Crippen LogP) is 4.68. The molecule has 0 heterocycles. The molecule has 0 saturated carbocycles. The van der Waals surface area contributed by atoms with Crippen LogP contribution in [0.4, 0.5) is 0 Å². The maximum Gasteiger partial charge on any atom is 0.334 e. The summed E-state index contributed by atoms with van der Waals surface area (Å²) in [6.07, 6.45) is -0.167. The van der Waals surface area contributed by atoms with Gasteiger partial charge in [-0.15, -0.1) is 0 Å². The molecular formula is C26H21ClN2O4. The van der Waals surface area contributed by atoms with Crippen LogP contribution in [0, 0.1) is 35.0 Å². The highest BCUT2D eigenvalue weighted by atomic mass is 35.5. The predicted molar refractivity (Wildman–Crippen MR) is 123 cm³/mol. The minimum absolute atomic E-state index is 0.115. The van der Waals surface area contributed by atoms with E-state index in [1.165, 1.54) is 14.2 Å². The number of hydrogen-bond donors (Lipinski definition) is 0. The van der Waals surface area contributed by atoms with Gasteiger partial charge in [-0.05, 0) is 36.6 Å². The Morgan fingerprint density at radius 2 is 1.58 bits per heavy atom. The van der Waals surface area contributed by atoms with Crippen LogP contribution < -0.4 is 0 Å². The van der Waals surface area contributed by atoms with Crippen molar-refractivity contribution in [2.45, 2.75) is 18.8 Å². The number of rotatable bonds is 5. The molecule has 0 radical (unpaired) electrons. The maximum absolute atomic E-state index is 13.0. The third kappa shape index (κ3) is 3.50. The minimum atomic E-state index is -2.00. The molecule has 6 nitrogen and oxygen atoms in total. The smallest absolute Gasteiger partial charge is 0.334 e. The summed E-state index contributed by atoms with van der Waals surface area (Å²) in [5.74, 6) is -1.50. The first-order valence-corrected chi connectivity index (χ1v) is 10.4. The number of nitrogens with zero attached hydrogens (tertiary/aromatic N) is 2. The fourth-order valence-corrected chi connectivity index (χ4v) is 4.65. The van der Waals surface area contributed by atoms with Crippen LogP contribution in [0.5, 0.6) is 0 Å². The Morgan fingerprint density at radius 3 is 2.06 bits per heavy atom. The second-order valence-electron chi connectivity index (χ2n) is 7.74. The molecule has 0 saturated heterocycles. The van der Waals surface area contributed by atoms with E-state index in [-0.39, 0.29) is 23.1 Å². The molecule has 166 valence electrons. The molecule has 0 aromatic heterocycles. The average Bonchev–Trinajstić information content (AvgIpc) is 3.15. The van der Waals surface area contributed by atoms with E-state index in [2.05, 4.69) is 18.7 Å². The van der Waals surface area contributed by atoms with Crippen molar-refractivity contribution in [3.8, 4) is 12.1 Å². The molecule has 0 N–H and O–H groups in total. The lowest BCUT2D eigenvalue weighted by Gasteiger charge is -2.40. The van der Waals surface area contributed by atoms with Crippen molar-refractivity contribution < 1.29 is 19.1 Å². The number of benzene rings is 2. The number of nitriles is 2. The standard InChI is InChI=1S/C26H21ClN2O4/c1-16-5-7-18(8-6-16)22-21(24(31)33-4)13-26(17(2)23(30)32-3,25(22,14-28)15-29)19-9-11-20(27)12-10-19/h5-12H,2,13H2,1,3-4H3/t26-/m1/s1. The van der Waals surface area contributed by atoms with Gasteiger partial charge >= 0.3 is 11.9 Å². The van der Waals surface area contributed by atoms with Crippen LogP contribution in [0.15, 0.2) is 66.3 Å². The molecule has 0 aliphatic heterocycles. The zero-order chi connectivity index (χ0) is 24.4. The summed E-state index contributed by atoms with van der Waals surface area (Å²) in [5.41, 5.74) is -1.57. The van der Waals surface area contributed by atoms with E-state index in [1.807, 2.05) is 19.1 Å². The Hall–Kier alpha value is -3.87. The van der Waals surface area contributed by atoms with E-state index >= 15 is 0 Å². The van der Waals surface area contributed by atoms with Gasteiger partial charge in [0.15, 0.2) is 5.41 Å². The van der Waals surface area contributed by atoms with Crippen LogP contribution in [0.3, 0.4) is 0 Å². The molecule has 3 rings (SSSR count). The second kappa shape index (κ2) is 8.94. The zero-order valence-corrected chi connectivity index (χ0v) is 19.2. The van der Waals surface area contributed by atoms with Crippen LogP contribution in [0.25, 0.3) is 5.57 Å². The summed E-state index contributed by atoms with van der Waals surface area (Å²) < 4.78 is 9.96. The van der Waals surface area contributed by atoms with E-state index in [9.17, 15) is 20.1 Å². The minimum Gasteiger partial charge on any atom is -0.466 e. The molecule has 0 spiro atoms. The van der Waals surface area contributed by atoms with Gasteiger partial charge in [0.1, 0.15) is 0 Å². The van der Waals surface area contributed by atoms with Crippen LogP contribution in [-0.2, 0) is 24.5 Å². The maximum atomic E-state index is 13.0. The summed E-state index contributed by atoms with van der Waals surface area (Å²) in [5, 5.41) is 21.5. The van der Waals surface area contributed by atoms with Crippen molar-refractivity contribution in [3.05, 3.63) is 88.0 Å². The highest BCUT2D eigenvalue weighted by Crippen LogP contribution is 2.63. The lowest BCUT2D eigenvalue weighted by molar-refractivity contribution is -0.138. The lowest BCUT2D eigenvalue weighted by Crippen LogP contribution is -2.45. The molecule has 7 heteroatoms. The van der Waals surface area contributed by atoms with Crippen LogP contribution in [-0.4, -0.2) is 26.2 Å². The largest absolute Gasteiger partial charge is 0.466 e. The normalized spacial score (nSPS) is 18.7. The molecule has 1 aliphatic rings. The number of halogens is 1. The topological polar surface area (TPSA) is 100 Å². The number of aryl methyl sites for hydroxylation is 1. The molecule has 0 amide bonds. The van der Waals surface area contributed by atoms with E-state index in [4.69, 9.17) is 21.1 Å². The fourth-order valence-electron chi connectivity index (χ4n) is 4.52. The quantitative estimate of drug-likeness (QED) is 0.474. The van der Waals surface area contributed by atoms with Crippen LogP contribution in [0.1, 0.15) is 23.1 Å². The molecule has 2 aromatic rings. The van der Waals surface area contributed by atoms with Crippen molar-refractivity contribution in [2.24, 2.45) is 5.41 Å². The summed E-state index contributed by atoms with van der Waals surface area (Å²) in [6.45, 7) is 5.84. The third-order valence-corrected chi connectivity index (χ3v) is 6.40. The molecule has 0 fully saturated rings. The van der Waals surface area contributed by atoms with Gasteiger partial charge in [-0.25, -0.2) is 9.59 Å². The Balaban J connectivity index is 2.49. The third-order valence-electron chi connectivity index (χ3n) is 6.15. The first-order valence-electron chi connectivity index (χ1n) is 9.97. The summed E-state index contributed by atoms with van der Waals surface area (Å²) in [4.78, 5) is 25.8. The van der Waals surface area contributed by atoms with Crippen molar-refractivity contribution >= 4 is 29.1 Å². The molecule has 0 unspecified atom stereocenters. The number of methoxy groups -OCH3 is 2. The summed E-state index contributed by atoms with van der Waals surface area (Å²) >= 11 is 6.08. The molecule has 33 heavy (non-hydrogen) atoms. The Bertz CT molecular complexity index is 1230. The monoisotopic (exact) mass is 460 g/mol. The van der Waals surface area contributed by atoms with Gasteiger partial charge < -0.3 is 9.47 Å². The molecule has 0 bridgehead atoms. The first-order chi connectivity index (χ1) is 15.7. The lowest BCUT2D eigenvalue weighted by atomic mass is 9.56. The van der Waals surface area contributed by atoms with E-state index in [0.29, 0.717) is 16.1 Å². The van der Waals surface area contributed by atoms with Crippen molar-refractivity contribution in [2.75, 3.05) is 14.2 Å². The summed E-state index contributed by atoms with van der Waals surface area (Å²) in [6, 6.07) is 17.8. The van der Waals surface area contributed by atoms with Crippen LogP contribution in [0.2, 0.25) is 5.02 Å². The highest BCUT2D eigenvalue weighted by Gasteiger charge is 2.65. The molecule has 2 aromatic carbocycles. The number of hydrogen-bond acceptors (Lipinski definition) is 6. The Labute approximate surface area is 197 Å². The SMILES string of the molecule is C=C(C(=O)OC)[C@@]1(c2ccc(Cl)cc2)CC(C(=O)OC)=C(c2ccc(C)cc2)C1(C#N)C#N. The number of ether oxygens (including phenoxy) is 2. The van der Waals surface area contributed by atoms with Gasteiger partial charge in [0.25, 0.3) is 0 Å². The van der Waals surface area contributed by atoms with Gasteiger partial charge in [-0.2, -0.15) is 10.5 Å². The Morgan fingerprint density at radius 1 is 1.00 bits per heavy atom. The summed E-state index contributed by atoms with van der Waals surface area (Å²) in [7, 11) is 2.41. The van der Waals surface area contributed by atoms with Gasteiger partial charge in [0, 0.05) is 21.7 Å². The van der Waals surface area contributed by atoms with Crippen molar-refractivity contribution in [1.29, 1.82) is 10.5 Å². The number of allylic oxidation sites excluding steroid dienone is 1. The fraction of sp³-hybridized carbons (Fsp3) is 0.231. The van der Waals surface area contributed by atoms with Gasteiger partial charge in [0.05, 0.1) is 31.8 Å². The average molecular weight is 461 g/mol. The van der Waals surface area contributed by atoms with Crippen LogP contribution >= 0.6 is 11.6 Å². The van der Waals surface area contributed by atoms with E-state index in [0.717, 1.165) is 5.56 Å². The van der Waals surface area contributed by atoms with Crippen molar-refractivity contribution in [3.63, 3.8) is 0 Å².